The molecule has 0 saturated heterocycles. The van der Waals surface area contributed by atoms with E-state index in [2.05, 4.69) is 15.3 Å². The van der Waals surface area contributed by atoms with Crippen molar-refractivity contribution in [3.63, 3.8) is 0 Å². The number of anilines is 1. The van der Waals surface area contributed by atoms with Gasteiger partial charge in [-0.1, -0.05) is 0 Å². The highest BCUT2D eigenvalue weighted by atomic mass is 16.3. The summed E-state index contributed by atoms with van der Waals surface area (Å²) in [5, 5.41) is 20.6. The first-order valence-corrected chi connectivity index (χ1v) is 4.22. The van der Waals surface area contributed by atoms with Crippen LogP contribution in [0.1, 0.15) is 5.56 Å². The van der Waals surface area contributed by atoms with Crippen LogP contribution in [0.5, 0.6) is 0 Å². The molecule has 0 aliphatic heterocycles. The SMILES string of the molecule is CNc1[nH]c(=O)ncc1CC(O)CO. The zero-order chi connectivity index (χ0) is 10.6. The maximum atomic E-state index is 10.8. The molecule has 0 amide bonds. The topological polar surface area (TPSA) is 98.2 Å². The molecule has 1 aromatic rings. The summed E-state index contributed by atoms with van der Waals surface area (Å²) in [6.45, 7) is -0.317. The number of hydrogen-bond donors (Lipinski definition) is 4. The van der Waals surface area contributed by atoms with E-state index in [9.17, 15) is 9.90 Å². The van der Waals surface area contributed by atoms with Crippen molar-refractivity contribution in [2.75, 3.05) is 19.0 Å². The summed E-state index contributed by atoms with van der Waals surface area (Å²) >= 11 is 0. The highest BCUT2D eigenvalue weighted by Gasteiger charge is 2.08. The van der Waals surface area contributed by atoms with Gasteiger partial charge in [0, 0.05) is 25.2 Å². The van der Waals surface area contributed by atoms with Crippen LogP contribution in [-0.2, 0) is 6.42 Å². The first kappa shape index (κ1) is 10.7. The lowest BCUT2D eigenvalue weighted by Crippen LogP contribution is -2.20. The summed E-state index contributed by atoms with van der Waals surface area (Å²) in [6, 6.07) is 0. The molecule has 6 nitrogen and oxygen atoms in total. The van der Waals surface area contributed by atoms with Crippen LogP contribution in [-0.4, -0.2) is 39.9 Å². The highest BCUT2D eigenvalue weighted by Crippen LogP contribution is 2.09. The van der Waals surface area contributed by atoms with Crippen LogP contribution >= 0.6 is 0 Å². The van der Waals surface area contributed by atoms with Crippen molar-refractivity contribution in [3.8, 4) is 0 Å². The second-order valence-electron chi connectivity index (χ2n) is 2.88. The number of rotatable bonds is 4. The number of nitrogens with zero attached hydrogens (tertiary/aromatic N) is 1. The third-order valence-corrected chi connectivity index (χ3v) is 1.81. The summed E-state index contributed by atoms with van der Waals surface area (Å²) in [5.74, 6) is 0.512. The predicted molar refractivity (Wildman–Crippen MR) is 51.2 cm³/mol. The molecule has 0 bridgehead atoms. The van der Waals surface area contributed by atoms with Gasteiger partial charge in [0.25, 0.3) is 0 Å². The van der Waals surface area contributed by atoms with Gasteiger partial charge in [-0.3, -0.25) is 4.98 Å². The van der Waals surface area contributed by atoms with Crippen molar-refractivity contribution >= 4 is 5.82 Å². The maximum Gasteiger partial charge on any atom is 0.346 e. The second-order valence-corrected chi connectivity index (χ2v) is 2.88. The number of aliphatic hydroxyl groups excluding tert-OH is 2. The number of aliphatic hydroxyl groups is 2. The molecule has 14 heavy (non-hydrogen) atoms. The Morgan fingerprint density at radius 2 is 2.43 bits per heavy atom. The lowest BCUT2D eigenvalue weighted by atomic mass is 10.1. The van der Waals surface area contributed by atoms with E-state index < -0.39 is 11.8 Å². The third kappa shape index (κ3) is 2.54. The van der Waals surface area contributed by atoms with Crippen molar-refractivity contribution in [1.82, 2.24) is 9.97 Å². The fourth-order valence-electron chi connectivity index (χ4n) is 1.12. The molecule has 0 aromatic carbocycles. The van der Waals surface area contributed by atoms with Crippen LogP contribution in [0.25, 0.3) is 0 Å². The fourth-order valence-corrected chi connectivity index (χ4v) is 1.12. The van der Waals surface area contributed by atoms with Gasteiger partial charge in [0.2, 0.25) is 0 Å². The van der Waals surface area contributed by atoms with Crippen LogP contribution in [0.3, 0.4) is 0 Å². The van der Waals surface area contributed by atoms with E-state index in [4.69, 9.17) is 5.11 Å². The van der Waals surface area contributed by atoms with Crippen LogP contribution in [0.2, 0.25) is 0 Å². The van der Waals surface area contributed by atoms with E-state index in [1.54, 1.807) is 7.05 Å². The first-order valence-electron chi connectivity index (χ1n) is 4.22. The second kappa shape index (κ2) is 4.73. The minimum absolute atomic E-state index is 0.246. The molecule has 1 unspecified atom stereocenters. The first-order chi connectivity index (χ1) is 6.67. The quantitative estimate of drug-likeness (QED) is 0.483. The van der Waals surface area contributed by atoms with Gasteiger partial charge in [-0.05, 0) is 0 Å². The third-order valence-electron chi connectivity index (χ3n) is 1.81. The van der Waals surface area contributed by atoms with E-state index in [0.717, 1.165) is 0 Å². The molecule has 0 saturated carbocycles. The van der Waals surface area contributed by atoms with Crippen LogP contribution in [0.15, 0.2) is 11.0 Å². The smallest absolute Gasteiger partial charge is 0.346 e. The normalized spacial score (nSPS) is 12.5. The highest BCUT2D eigenvalue weighted by molar-refractivity contribution is 5.41. The lowest BCUT2D eigenvalue weighted by molar-refractivity contribution is 0.0955. The Balaban J connectivity index is 2.90. The lowest BCUT2D eigenvalue weighted by Gasteiger charge is -2.10. The van der Waals surface area contributed by atoms with Crippen molar-refractivity contribution in [2.45, 2.75) is 12.5 Å². The number of H-pyrrole nitrogens is 1. The van der Waals surface area contributed by atoms with Crippen LogP contribution in [0.4, 0.5) is 5.82 Å². The number of hydrogen-bond acceptors (Lipinski definition) is 5. The van der Waals surface area contributed by atoms with Gasteiger partial charge >= 0.3 is 5.69 Å². The average Bonchev–Trinajstić information content (AvgIpc) is 2.20. The standard InChI is InChI=1S/C8H13N3O3/c1-9-7-5(2-6(13)4-12)3-10-8(14)11-7/h3,6,12-13H,2,4H2,1H3,(H2,9,10,11,14). The Bertz CT molecular complexity index is 350. The molecule has 78 valence electrons. The summed E-state index contributed by atoms with van der Waals surface area (Å²) in [4.78, 5) is 16.9. The zero-order valence-electron chi connectivity index (χ0n) is 7.82. The Kier molecular flexibility index (Phi) is 3.61. The molecule has 1 aromatic heterocycles. The van der Waals surface area contributed by atoms with Crippen LogP contribution < -0.4 is 11.0 Å². The van der Waals surface area contributed by atoms with Gasteiger partial charge < -0.3 is 15.5 Å². The van der Waals surface area contributed by atoms with Gasteiger partial charge in [0.15, 0.2) is 0 Å². The van der Waals surface area contributed by atoms with E-state index >= 15 is 0 Å². The van der Waals surface area contributed by atoms with E-state index in [1.165, 1.54) is 6.20 Å². The zero-order valence-corrected chi connectivity index (χ0v) is 7.82. The molecule has 0 aliphatic carbocycles. The number of aromatic nitrogens is 2. The summed E-state index contributed by atoms with van der Waals surface area (Å²) in [5.41, 5.74) is 0.213. The Morgan fingerprint density at radius 1 is 1.71 bits per heavy atom. The molecule has 0 aliphatic rings. The van der Waals surface area contributed by atoms with Gasteiger partial charge in [0.05, 0.1) is 12.7 Å². The Morgan fingerprint density at radius 3 is 3.00 bits per heavy atom. The Labute approximate surface area is 80.6 Å². The number of aromatic amines is 1. The molecule has 0 radical (unpaired) electrons. The van der Waals surface area contributed by atoms with Gasteiger partial charge in [-0.25, -0.2) is 9.78 Å². The molecule has 0 fully saturated rings. The summed E-state index contributed by atoms with van der Waals surface area (Å²) < 4.78 is 0. The van der Waals surface area contributed by atoms with Crippen molar-refractivity contribution in [2.24, 2.45) is 0 Å². The molecule has 1 rings (SSSR count). The minimum atomic E-state index is -0.838. The van der Waals surface area contributed by atoms with Crippen molar-refractivity contribution in [1.29, 1.82) is 0 Å². The summed E-state index contributed by atoms with van der Waals surface area (Å²) in [6.07, 6.45) is 0.787. The molecular weight excluding hydrogens is 186 g/mol. The van der Waals surface area contributed by atoms with Gasteiger partial charge in [0.1, 0.15) is 5.82 Å². The average molecular weight is 199 g/mol. The summed E-state index contributed by atoms with van der Waals surface area (Å²) in [7, 11) is 1.65. The molecule has 1 heterocycles. The van der Waals surface area contributed by atoms with E-state index in [1.807, 2.05) is 0 Å². The Hall–Kier alpha value is -1.40. The fraction of sp³-hybridized carbons (Fsp3) is 0.500. The minimum Gasteiger partial charge on any atom is -0.394 e. The van der Waals surface area contributed by atoms with Crippen LogP contribution in [0, 0.1) is 0 Å². The maximum absolute atomic E-state index is 10.8. The van der Waals surface area contributed by atoms with E-state index in [-0.39, 0.29) is 13.0 Å². The van der Waals surface area contributed by atoms with Crippen molar-refractivity contribution in [3.05, 3.63) is 22.2 Å². The van der Waals surface area contributed by atoms with Crippen molar-refractivity contribution < 1.29 is 10.2 Å². The van der Waals surface area contributed by atoms with Gasteiger partial charge in [-0.15, -0.1) is 0 Å². The number of nitrogens with one attached hydrogen (secondary N) is 2. The molecule has 1 atom stereocenters. The predicted octanol–water partition coefficient (Wildman–Crippen LogP) is -1.29. The monoisotopic (exact) mass is 199 g/mol. The molecule has 0 spiro atoms. The molecular formula is C8H13N3O3. The van der Waals surface area contributed by atoms with E-state index in [0.29, 0.717) is 11.4 Å². The molecule has 4 N–H and O–H groups in total. The molecule has 6 heteroatoms. The largest absolute Gasteiger partial charge is 0.394 e. The van der Waals surface area contributed by atoms with Gasteiger partial charge in [-0.2, -0.15) is 0 Å².